The number of carbonyl (C=O) groups is 1. The van der Waals surface area contributed by atoms with Crippen LogP contribution in [0.2, 0.25) is 0 Å². The Morgan fingerprint density at radius 3 is 3.00 bits per heavy atom. The van der Waals surface area contributed by atoms with Gasteiger partial charge in [-0.25, -0.2) is 0 Å². The molecule has 2 nitrogen and oxygen atoms in total. The fourth-order valence-corrected chi connectivity index (χ4v) is 1.95. The SMILES string of the molecule is O=C1Nc2ccccc2CC[C@@H]1I. The second-order valence-corrected chi connectivity index (χ2v) is 4.66. The summed E-state index contributed by atoms with van der Waals surface area (Å²) in [6.07, 6.45) is 1.92. The molecule has 1 aliphatic heterocycles. The van der Waals surface area contributed by atoms with Crippen molar-refractivity contribution in [1.29, 1.82) is 0 Å². The summed E-state index contributed by atoms with van der Waals surface area (Å²) in [6, 6.07) is 8.00. The third-order valence-corrected chi connectivity index (χ3v) is 3.42. The van der Waals surface area contributed by atoms with E-state index >= 15 is 0 Å². The largest absolute Gasteiger partial charge is 0.325 e. The standard InChI is InChI=1S/C10H10INO/c11-8-6-5-7-3-1-2-4-9(7)12-10(8)13/h1-4,8H,5-6H2,(H,12,13)/t8-/m0/s1. The van der Waals surface area contributed by atoms with Crippen molar-refractivity contribution < 1.29 is 4.79 Å². The Hall–Kier alpha value is -0.580. The predicted octanol–water partition coefficient (Wildman–Crippen LogP) is 2.37. The molecule has 1 aliphatic rings. The van der Waals surface area contributed by atoms with Gasteiger partial charge in [-0.3, -0.25) is 4.79 Å². The minimum absolute atomic E-state index is 0.102. The summed E-state index contributed by atoms with van der Waals surface area (Å²) in [6.45, 7) is 0. The molecule has 1 heterocycles. The zero-order valence-electron chi connectivity index (χ0n) is 7.09. The number of rotatable bonds is 0. The maximum absolute atomic E-state index is 11.5. The van der Waals surface area contributed by atoms with Gasteiger partial charge in [0.1, 0.15) is 0 Å². The molecule has 68 valence electrons. The van der Waals surface area contributed by atoms with Gasteiger partial charge in [-0.2, -0.15) is 0 Å². The molecule has 2 rings (SSSR count). The number of carbonyl (C=O) groups excluding carboxylic acids is 1. The monoisotopic (exact) mass is 287 g/mol. The van der Waals surface area contributed by atoms with Crippen LogP contribution in [0, 0.1) is 0 Å². The highest BCUT2D eigenvalue weighted by atomic mass is 127. The lowest BCUT2D eigenvalue weighted by molar-refractivity contribution is -0.115. The van der Waals surface area contributed by atoms with Crippen LogP contribution in [0.1, 0.15) is 12.0 Å². The van der Waals surface area contributed by atoms with E-state index in [9.17, 15) is 4.79 Å². The molecular weight excluding hydrogens is 277 g/mol. The first-order valence-electron chi connectivity index (χ1n) is 4.30. The highest BCUT2D eigenvalue weighted by molar-refractivity contribution is 14.1. The molecule has 0 aromatic heterocycles. The Balaban J connectivity index is 2.35. The van der Waals surface area contributed by atoms with Gasteiger partial charge in [0.05, 0.1) is 3.92 Å². The number of anilines is 1. The lowest BCUT2D eigenvalue weighted by Gasteiger charge is -2.05. The molecule has 0 spiro atoms. The molecule has 0 aliphatic carbocycles. The Bertz CT molecular complexity index is 337. The minimum atomic E-state index is 0.102. The van der Waals surface area contributed by atoms with Gasteiger partial charge in [0.15, 0.2) is 0 Å². The number of fused-ring (bicyclic) bond motifs is 1. The van der Waals surface area contributed by atoms with Crippen LogP contribution in [0.4, 0.5) is 5.69 Å². The van der Waals surface area contributed by atoms with Crippen molar-refractivity contribution in [3.8, 4) is 0 Å². The summed E-state index contributed by atoms with van der Waals surface area (Å²) in [7, 11) is 0. The number of alkyl halides is 1. The van der Waals surface area contributed by atoms with Gasteiger partial charge in [0, 0.05) is 5.69 Å². The Morgan fingerprint density at radius 2 is 2.15 bits per heavy atom. The smallest absolute Gasteiger partial charge is 0.237 e. The van der Waals surface area contributed by atoms with Crippen LogP contribution in [0.25, 0.3) is 0 Å². The summed E-state index contributed by atoms with van der Waals surface area (Å²) in [4.78, 5) is 11.5. The lowest BCUT2D eigenvalue weighted by atomic mass is 10.1. The maximum Gasteiger partial charge on any atom is 0.237 e. The van der Waals surface area contributed by atoms with Gasteiger partial charge < -0.3 is 5.32 Å². The topological polar surface area (TPSA) is 29.1 Å². The van der Waals surface area contributed by atoms with Crippen molar-refractivity contribution in [1.82, 2.24) is 0 Å². The molecular formula is C10H10INO. The Morgan fingerprint density at radius 1 is 1.38 bits per heavy atom. The molecule has 0 fully saturated rings. The number of hydrogen-bond acceptors (Lipinski definition) is 1. The molecule has 1 N–H and O–H groups in total. The van der Waals surface area contributed by atoms with Crippen molar-refractivity contribution in [3.05, 3.63) is 29.8 Å². The number of aryl methyl sites for hydroxylation is 1. The zero-order valence-corrected chi connectivity index (χ0v) is 9.24. The summed E-state index contributed by atoms with van der Waals surface area (Å²) in [5, 5.41) is 2.93. The van der Waals surface area contributed by atoms with Gasteiger partial charge in [-0.15, -0.1) is 0 Å². The van der Waals surface area contributed by atoms with Gasteiger partial charge in [-0.1, -0.05) is 40.8 Å². The number of para-hydroxylation sites is 1. The van der Waals surface area contributed by atoms with Crippen LogP contribution < -0.4 is 5.32 Å². The summed E-state index contributed by atoms with van der Waals surface area (Å²) < 4.78 is 0.102. The average molecular weight is 287 g/mol. The van der Waals surface area contributed by atoms with Crippen LogP contribution in [0.3, 0.4) is 0 Å². The third-order valence-electron chi connectivity index (χ3n) is 2.23. The fourth-order valence-electron chi connectivity index (χ4n) is 1.48. The number of nitrogens with one attached hydrogen (secondary N) is 1. The minimum Gasteiger partial charge on any atom is -0.325 e. The van der Waals surface area contributed by atoms with Crippen LogP contribution in [-0.2, 0) is 11.2 Å². The van der Waals surface area contributed by atoms with E-state index in [4.69, 9.17) is 0 Å². The normalized spacial score (nSPS) is 21.6. The fraction of sp³-hybridized carbons (Fsp3) is 0.300. The second-order valence-electron chi connectivity index (χ2n) is 3.15. The molecule has 3 heteroatoms. The summed E-state index contributed by atoms with van der Waals surface area (Å²) in [5.74, 6) is 0.130. The highest BCUT2D eigenvalue weighted by Gasteiger charge is 2.19. The third kappa shape index (κ3) is 1.85. The average Bonchev–Trinajstić information content (AvgIpc) is 2.28. The molecule has 0 saturated carbocycles. The van der Waals surface area contributed by atoms with E-state index in [2.05, 4.69) is 34.0 Å². The Labute approximate surface area is 90.9 Å². The van der Waals surface area contributed by atoms with Gasteiger partial charge in [0.25, 0.3) is 0 Å². The van der Waals surface area contributed by atoms with Crippen LogP contribution >= 0.6 is 22.6 Å². The van der Waals surface area contributed by atoms with E-state index in [1.165, 1.54) is 5.56 Å². The molecule has 1 aromatic carbocycles. The molecule has 0 saturated heterocycles. The lowest BCUT2D eigenvalue weighted by Crippen LogP contribution is -2.20. The zero-order chi connectivity index (χ0) is 9.26. The Kier molecular flexibility index (Phi) is 2.53. The van der Waals surface area contributed by atoms with E-state index in [1.807, 2.05) is 18.2 Å². The molecule has 1 amide bonds. The molecule has 0 radical (unpaired) electrons. The van der Waals surface area contributed by atoms with Crippen molar-refractivity contribution in [2.24, 2.45) is 0 Å². The van der Waals surface area contributed by atoms with Crippen LogP contribution in [0.5, 0.6) is 0 Å². The predicted molar refractivity (Wildman–Crippen MR) is 61.2 cm³/mol. The number of amides is 1. The molecule has 0 bridgehead atoms. The van der Waals surface area contributed by atoms with Crippen molar-refractivity contribution in [2.45, 2.75) is 16.8 Å². The molecule has 1 aromatic rings. The van der Waals surface area contributed by atoms with Crippen molar-refractivity contribution >= 4 is 34.2 Å². The summed E-state index contributed by atoms with van der Waals surface area (Å²) in [5.41, 5.74) is 2.22. The molecule has 1 atom stereocenters. The first-order valence-corrected chi connectivity index (χ1v) is 5.55. The number of benzene rings is 1. The van der Waals surface area contributed by atoms with E-state index in [0.717, 1.165) is 18.5 Å². The van der Waals surface area contributed by atoms with Gasteiger partial charge >= 0.3 is 0 Å². The second kappa shape index (κ2) is 3.65. The molecule has 13 heavy (non-hydrogen) atoms. The van der Waals surface area contributed by atoms with Crippen molar-refractivity contribution in [2.75, 3.05) is 5.32 Å². The quantitative estimate of drug-likeness (QED) is 0.576. The van der Waals surface area contributed by atoms with Gasteiger partial charge in [-0.05, 0) is 24.5 Å². The van der Waals surface area contributed by atoms with E-state index < -0.39 is 0 Å². The number of hydrogen-bond donors (Lipinski definition) is 1. The number of halogens is 1. The molecule has 0 unspecified atom stereocenters. The van der Waals surface area contributed by atoms with Gasteiger partial charge in [0.2, 0.25) is 5.91 Å². The van der Waals surface area contributed by atoms with E-state index in [0.29, 0.717) is 0 Å². The van der Waals surface area contributed by atoms with E-state index in [-0.39, 0.29) is 9.83 Å². The van der Waals surface area contributed by atoms with E-state index in [1.54, 1.807) is 0 Å². The summed E-state index contributed by atoms with van der Waals surface area (Å²) >= 11 is 2.19. The van der Waals surface area contributed by atoms with Crippen LogP contribution in [0.15, 0.2) is 24.3 Å². The maximum atomic E-state index is 11.5. The highest BCUT2D eigenvalue weighted by Crippen LogP contribution is 2.24. The van der Waals surface area contributed by atoms with Crippen LogP contribution in [-0.4, -0.2) is 9.83 Å². The first kappa shape index (κ1) is 8.99. The first-order chi connectivity index (χ1) is 6.27. The van der Waals surface area contributed by atoms with Crippen molar-refractivity contribution in [3.63, 3.8) is 0 Å².